The van der Waals surface area contributed by atoms with Gasteiger partial charge in [-0.05, 0) is 0 Å². The number of halogens is 6. The SMILES string of the molecule is FC(F)(F)C1=C(C(F)(F)F)[SeH]=[SeH]1. The molecule has 0 aliphatic carbocycles. The van der Waals surface area contributed by atoms with Crippen LogP contribution < -0.4 is 0 Å². The molecule has 0 atom stereocenters. The van der Waals surface area contributed by atoms with Crippen molar-refractivity contribution in [3.63, 3.8) is 0 Å². The number of rotatable bonds is 0. The van der Waals surface area contributed by atoms with E-state index in [1.54, 1.807) is 0 Å². The number of alkyl halides is 6. The molecular weight excluding hydrogens is 320 g/mol. The van der Waals surface area contributed by atoms with E-state index in [-0.39, 0.29) is 0 Å². The molecule has 0 saturated carbocycles. The quantitative estimate of drug-likeness (QED) is 0.463. The van der Waals surface area contributed by atoms with E-state index >= 15 is 0 Å². The minimum absolute atomic E-state index is 1.21. The van der Waals surface area contributed by atoms with Crippen LogP contribution in [0.15, 0.2) is 8.94 Å². The predicted octanol–water partition coefficient (Wildman–Crippen LogP) is 1.12. The average molecular weight is 322 g/mol. The third kappa shape index (κ3) is 1.99. The van der Waals surface area contributed by atoms with E-state index in [9.17, 15) is 26.3 Å². The Morgan fingerprint density at radius 3 is 1.00 bits per heavy atom. The molecule has 0 nitrogen and oxygen atoms in total. The van der Waals surface area contributed by atoms with E-state index in [0.717, 1.165) is 0 Å². The Morgan fingerprint density at radius 1 is 0.667 bits per heavy atom. The van der Waals surface area contributed by atoms with Gasteiger partial charge in [-0.2, -0.15) is 0 Å². The first-order valence-electron chi connectivity index (χ1n) is 2.53. The summed E-state index contributed by atoms with van der Waals surface area (Å²) in [6.45, 7) is 0. The van der Waals surface area contributed by atoms with Crippen LogP contribution in [0.2, 0.25) is 0 Å². The van der Waals surface area contributed by atoms with Crippen LogP contribution in [0.25, 0.3) is 0 Å². The van der Waals surface area contributed by atoms with Crippen LogP contribution >= 0.6 is 0 Å². The second kappa shape index (κ2) is 2.94. The van der Waals surface area contributed by atoms with E-state index in [4.69, 9.17) is 0 Å². The zero-order valence-electron chi connectivity index (χ0n) is 5.16. The molecule has 0 aromatic heterocycles. The molecule has 72 valence electrons. The summed E-state index contributed by atoms with van der Waals surface area (Å²) in [5.74, 6) is 0. The van der Waals surface area contributed by atoms with E-state index in [1.165, 1.54) is 0 Å². The van der Waals surface area contributed by atoms with Gasteiger partial charge in [-0.15, -0.1) is 0 Å². The molecule has 0 radical (unpaired) electrons. The van der Waals surface area contributed by atoms with Crippen molar-refractivity contribution < 1.29 is 26.3 Å². The van der Waals surface area contributed by atoms with Crippen molar-refractivity contribution in [3.8, 4) is 0 Å². The first-order chi connectivity index (χ1) is 5.23. The van der Waals surface area contributed by atoms with E-state index in [0.29, 0.717) is 0 Å². The van der Waals surface area contributed by atoms with Crippen LogP contribution in [0.3, 0.4) is 0 Å². The van der Waals surface area contributed by atoms with Gasteiger partial charge in [-0.1, -0.05) is 0 Å². The Bertz CT molecular complexity index is 230. The zero-order chi connectivity index (χ0) is 9.57. The molecule has 0 aromatic carbocycles. The molecule has 0 N–H and O–H groups in total. The van der Waals surface area contributed by atoms with Gasteiger partial charge in [0.25, 0.3) is 0 Å². The number of allylic oxidation sites excluding steroid dienone is 2. The van der Waals surface area contributed by atoms with Gasteiger partial charge in [0.15, 0.2) is 0 Å². The Balaban J connectivity index is 2.95. The first kappa shape index (κ1) is 10.4. The van der Waals surface area contributed by atoms with Crippen molar-refractivity contribution in [2.45, 2.75) is 12.4 Å². The summed E-state index contributed by atoms with van der Waals surface area (Å²) < 4.78 is 68.0. The summed E-state index contributed by atoms with van der Waals surface area (Å²) in [5.41, 5.74) is 0. The molecule has 8 heteroatoms. The molecule has 1 aliphatic rings. The molecular formula is C4H2F6Se2. The van der Waals surface area contributed by atoms with Crippen molar-refractivity contribution in [3.05, 3.63) is 8.94 Å². The molecule has 12 heavy (non-hydrogen) atoms. The van der Waals surface area contributed by atoms with Crippen LogP contribution in [0.4, 0.5) is 26.3 Å². The van der Waals surface area contributed by atoms with Gasteiger partial charge in [0.2, 0.25) is 0 Å². The maximum atomic E-state index is 11.8. The van der Waals surface area contributed by atoms with E-state index < -0.39 is 46.5 Å². The summed E-state index contributed by atoms with van der Waals surface area (Å²) in [6, 6.07) is 0. The van der Waals surface area contributed by atoms with Gasteiger partial charge >= 0.3 is 72.8 Å². The second-order valence-electron chi connectivity index (χ2n) is 1.89. The van der Waals surface area contributed by atoms with Crippen LogP contribution in [-0.4, -0.2) is 37.5 Å². The van der Waals surface area contributed by atoms with Crippen molar-refractivity contribution in [2.24, 2.45) is 0 Å². The fourth-order valence-corrected chi connectivity index (χ4v) is 7.91. The summed E-state index contributed by atoms with van der Waals surface area (Å²) in [4.78, 5) is 0. The van der Waals surface area contributed by atoms with E-state index in [1.807, 2.05) is 0 Å². The maximum absolute atomic E-state index is 11.8. The van der Waals surface area contributed by atoms with Gasteiger partial charge in [0.05, 0.1) is 0 Å². The van der Waals surface area contributed by atoms with Gasteiger partial charge in [0, 0.05) is 0 Å². The third-order valence-electron chi connectivity index (χ3n) is 1.01. The molecule has 0 fully saturated rings. The summed E-state index contributed by atoms with van der Waals surface area (Å²) in [5, 5.41) is 0. The van der Waals surface area contributed by atoms with Crippen LogP contribution in [0, 0.1) is 0 Å². The summed E-state index contributed by atoms with van der Waals surface area (Å²) in [7, 11) is 0. The Kier molecular flexibility index (Phi) is 2.56. The fraction of sp³-hybridized carbons (Fsp3) is 0.500. The molecule has 0 unspecified atom stereocenters. The molecule has 0 bridgehead atoms. The van der Waals surface area contributed by atoms with Crippen molar-refractivity contribution in [1.29, 1.82) is 0 Å². The monoisotopic (exact) mass is 324 g/mol. The molecule has 0 aromatic rings. The van der Waals surface area contributed by atoms with Crippen molar-refractivity contribution in [2.75, 3.05) is 0 Å². The number of hydrogen-bond acceptors (Lipinski definition) is 0. The second-order valence-corrected chi connectivity index (χ2v) is 8.97. The van der Waals surface area contributed by atoms with Gasteiger partial charge in [-0.3, -0.25) is 0 Å². The predicted molar refractivity (Wildman–Crippen MR) is 33.4 cm³/mol. The van der Waals surface area contributed by atoms with Crippen molar-refractivity contribution >= 4 is 25.2 Å². The Hall–Kier alpha value is 0.359. The molecule has 1 aliphatic heterocycles. The zero-order valence-corrected chi connectivity index (χ0v) is 8.92. The Labute approximate surface area is 73.2 Å². The molecule has 0 amide bonds. The van der Waals surface area contributed by atoms with E-state index in [2.05, 4.69) is 0 Å². The van der Waals surface area contributed by atoms with Crippen LogP contribution in [-0.2, 0) is 0 Å². The van der Waals surface area contributed by atoms with Gasteiger partial charge in [0.1, 0.15) is 0 Å². The molecule has 1 heterocycles. The summed E-state index contributed by atoms with van der Waals surface area (Å²) in [6.07, 6.45) is -9.50. The molecule has 0 spiro atoms. The third-order valence-corrected chi connectivity index (χ3v) is 10.3. The standard InChI is InChI=1S/C4H2F6Se2/c5-3(6,7)1-2(12-11-1)4(8,9)10/h11-12H. The van der Waals surface area contributed by atoms with Crippen LogP contribution in [0.5, 0.6) is 0 Å². The molecule has 0 saturated heterocycles. The van der Waals surface area contributed by atoms with Gasteiger partial charge in [-0.25, -0.2) is 0 Å². The molecule has 1 rings (SSSR count). The van der Waals surface area contributed by atoms with Crippen LogP contribution in [0.1, 0.15) is 0 Å². The first-order valence-corrected chi connectivity index (χ1v) is 9.61. The summed E-state index contributed by atoms with van der Waals surface area (Å²) >= 11 is -2.41. The number of hydrogen-bond donors (Lipinski definition) is 0. The van der Waals surface area contributed by atoms with Crippen molar-refractivity contribution in [1.82, 2.24) is 0 Å². The fourth-order valence-electron chi connectivity index (χ4n) is 0.532. The Morgan fingerprint density at radius 2 is 0.917 bits per heavy atom. The average Bonchev–Trinajstić information content (AvgIpc) is 1.46. The normalized spacial score (nSPS) is 19.5. The minimum atomic E-state index is -4.75. The van der Waals surface area contributed by atoms with Gasteiger partial charge < -0.3 is 0 Å². The topological polar surface area (TPSA) is 0 Å².